The standard InChI is InChI=1S/C10H12N2OS/c1-7-3-4-9(5-8(7)2)6-10-11-13-14-12-10/h3-5H,6H2,1-2H3,(H,11,12). The molecule has 0 amide bonds. The summed E-state index contributed by atoms with van der Waals surface area (Å²) in [7, 11) is 0. The number of oxime groups is 1. The fraction of sp³-hybridized carbons (Fsp3) is 0.300. The first-order valence-corrected chi connectivity index (χ1v) is 5.21. The third-order valence-electron chi connectivity index (χ3n) is 2.29. The van der Waals surface area contributed by atoms with Gasteiger partial charge in [-0.2, -0.15) is 0 Å². The van der Waals surface area contributed by atoms with Crippen LogP contribution in [0.25, 0.3) is 0 Å². The van der Waals surface area contributed by atoms with Gasteiger partial charge in [0.1, 0.15) is 0 Å². The minimum Gasteiger partial charge on any atom is -0.297 e. The molecule has 1 aromatic carbocycles. The van der Waals surface area contributed by atoms with Crippen LogP contribution in [0, 0.1) is 13.8 Å². The minimum atomic E-state index is 0.800. The molecule has 1 aliphatic heterocycles. The monoisotopic (exact) mass is 208 g/mol. The average molecular weight is 208 g/mol. The highest BCUT2D eigenvalue weighted by atomic mass is 32.2. The molecule has 74 valence electrons. The zero-order chi connectivity index (χ0) is 9.97. The number of nitrogens with one attached hydrogen (secondary N) is 1. The van der Waals surface area contributed by atoms with Gasteiger partial charge in [-0.05, 0) is 30.5 Å². The Kier molecular flexibility index (Phi) is 2.63. The molecule has 0 aromatic heterocycles. The summed E-state index contributed by atoms with van der Waals surface area (Å²) in [5, 5.41) is 3.85. The number of benzene rings is 1. The summed E-state index contributed by atoms with van der Waals surface area (Å²) in [4.78, 5) is 0. The van der Waals surface area contributed by atoms with Crippen LogP contribution in [0.15, 0.2) is 23.4 Å². The zero-order valence-corrected chi connectivity index (χ0v) is 9.02. The van der Waals surface area contributed by atoms with E-state index >= 15 is 0 Å². The van der Waals surface area contributed by atoms with Gasteiger partial charge < -0.3 is 0 Å². The molecule has 14 heavy (non-hydrogen) atoms. The first kappa shape index (κ1) is 9.40. The number of hydrogen-bond acceptors (Lipinski definition) is 4. The van der Waals surface area contributed by atoms with Gasteiger partial charge in [0.15, 0.2) is 5.84 Å². The molecule has 0 spiro atoms. The molecule has 2 rings (SSSR count). The lowest BCUT2D eigenvalue weighted by atomic mass is 10.0. The van der Waals surface area contributed by atoms with Crippen LogP contribution in [-0.4, -0.2) is 5.84 Å². The van der Waals surface area contributed by atoms with Gasteiger partial charge in [0, 0.05) is 6.42 Å². The maximum Gasteiger partial charge on any atom is 0.208 e. The maximum atomic E-state index is 4.78. The highest BCUT2D eigenvalue weighted by Crippen LogP contribution is 2.13. The van der Waals surface area contributed by atoms with Crippen LogP contribution in [0.3, 0.4) is 0 Å². The Bertz CT molecular complexity index is 376. The Morgan fingerprint density at radius 2 is 2.21 bits per heavy atom. The van der Waals surface area contributed by atoms with Crippen LogP contribution in [0.2, 0.25) is 0 Å². The molecule has 0 unspecified atom stereocenters. The molecule has 3 nitrogen and oxygen atoms in total. The van der Waals surface area contributed by atoms with Crippen molar-refractivity contribution in [3.05, 3.63) is 34.9 Å². The van der Waals surface area contributed by atoms with Crippen LogP contribution in [0.5, 0.6) is 0 Å². The van der Waals surface area contributed by atoms with Gasteiger partial charge in [0.25, 0.3) is 0 Å². The second kappa shape index (κ2) is 3.92. The number of aryl methyl sites for hydroxylation is 2. The van der Waals surface area contributed by atoms with Crippen molar-refractivity contribution in [1.29, 1.82) is 0 Å². The van der Waals surface area contributed by atoms with Gasteiger partial charge in [-0.15, -0.1) is 0 Å². The van der Waals surface area contributed by atoms with Gasteiger partial charge >= 0.3 is 0 Å². The van der Waals surface area contributed by atoms with Crippen molar-refractivity contribution in [2.75, 3.05) is 0 Å². The van der Waals surface area contributed by atoms with Crippen molar-refractivity contribution in [1.82, 2.24) is 4.72 Å². The fourth-order valence-electron chi connectivity index (χ4n) is 1.32. The minimum absolute atomic E-state index is 0.800. The quantitative estimate of drug-likeness (QED) is 0.598. The molecule has 0 fully saturated rings. The molecule has 0 bridgehead atoms. The Balaban J connectivity index is 2.13. The van der Waals surface area contributed by atoms with Crippen LogP contribution >= 0.6 is 12.2 Å². The Morgan fingerprint density at radius 1 is 1.36 bits per heavy atom. The maximum absolute atomic E-state index is 4.78. The van der Waals surface area contributed by atoms with Gasteiger partial charge in [-0.25, -0.2) is 0 Å². The molecular weight excluding hydrogens is 196 g/mol. The third kappa shape index (κ3) is 2.01. The summed E-state index contributed by atoms with van der Waals surface area (Å²) in [6.45, 7) is 4.23. The molecular formula is C10H12N2OS. The van der Waals surface area contributed by atoms with Crippen LogP contribution < -0.4 is 4.72 Å². The van der Waals surface area contributed by atoms with Gasteiger partial charge in [0.2, 0.25) is 12.2 Å². The molecule has 1 aliphatic rings. The summed E-state index contributed by atoms with van der Waals surface area (Å²) in [5.41, 5.74) is 3.89. The van der Waals surface area contributed by atoms with Crippen molar-refractivity contribution in [2.45, 2.75) is 20.3 Å². The van der Waals surface area contributed by atoms with Crippen molar-refractivity contribution in [2.24, 2.45) is 5.16 Å². The van der Waals surface area contributed by atoms with E-state index in [4.69, 9.17) is 4.28 Å². The molecule has 1 aromatic rings. The first-order valence-electron chi connectivity index (χ1n) is 4.47. The molecule has 0 saturated carbocycles. The number of rotatable bonds is 2. The fourth-order valence-corrected chi connectivity index (χ4v) is 1.69. The summed E-state index contributed by atoms with van der Waals surface area (Å²) < 4.78 is 7.76. The van der Waals surface area contributed by atoms with Crippen molar-refractivity contribution >= 4 is 18.1 Å². The van der Waals surface area contributed by atoms with E-state index in [-0.39, 0.29) is 0 Å². The van der Waals surface area contributed by atoms with Crippen LogP contribution in [-0.2, 0) is 10.7 Å². The summed E-state index contributed by atoms with van der Waals surface area (Å²) in [6.07, 6.45) is 0.800. The average Bonchev–Trinajstić information content (AvgIpc) is 2.64. The molecule has 0 radical (unpaired) electrons. The molecule has 4 heteroatoms. The van der Waals surface area contributed by atoms with Crippen molar-refractivity contribution in [3.8, 4) is 0 Å². The van der Waals surface area contributed by atoms with Gasteiger partial charge in [0.05, 0.1) is 0 Å². The van der Waals surface area contributed by atoms with E-state index in [9.17, 15) is 0 Å². The predicted octanol–water partition coefficient (Wildman–Crippen LogP) is 2.34. The SMILES string of the molecule is Cc1ccc(CC2=NOSN2)cc1C. The third-order valence-corrected chi connectivity index (χ3v) is 2.76. The second-order valence-electron chi connectivity index (χ2n) is 3.39. The molecule has 0 aliphatic carbocycles. The van der Waals surface area contributed by atoms with Gasteiger partial charge in [-0.1, -0.05) is 23.4 Å². The highest BCUT2D eigenvalue weighted by molar-refractivity contribution is 7.93. The van der Waals surface area contributed by atoms with Crippen molar-refractivity contribution in [3.63, 3.8) is 0 Å². The first-order chi connectivity index (χ1) is 6.75. The number of nitrogens with zero attached hydrogens (tertiary/aromatic N) is 1. The predicted molar refractivity (Wildman–Crippen MR) is 58.9 cm³/mol. The number of amidine groups is 1. The highest BCUT2D eigenvalue weighted by Gasteiger charge is 2.09. The summed E-state index contributed by atoms with van der Waals surface area (Å²) in [5.74, 6) is 0.873. The van der Waals surface area contributed by atoms with E-state index in [1.807, 2.05) is 0 Å². The van der Waals surface area contributed by atoms with Gasteiger partial charge in [-0.3, -0.25) is 9.01 Å². The molecule has 0 saturated heterocycles. The van der Waals surface area contributed by atoms with E-state index in [0.29, 0.717) is 0 Å². The topological polar surface area (TPSA) is 33.6 Å². The zero-order valence-electron chi connectivity index (χ0n) is 8.20. The molecule has 1 heterocycles. The van der Waals surface area contributed by atoms with Crippen molar-refractivity contribution < 1.29 is 4.28 Å². The van der Waals surface area contributed by atoms with Crippen LogP contribution in [0.4, 0.5) is 0 Å². The van der Waals surface area contributed by atoms with E-state index < -0.39 is 0 Å². The molecule has 0 atom stereocenters. The Hall–Kier alpha value is -1.16. The second-order valence-corrected chi connectivity index (χ2v) is 3.91. The lowest BCUT2D eigenvalue weighted by Crippen LogP contribution is -2.13. The number of hydrogen-bond donors (Lipinski definition) is 1. The Labute approximate surface area is 87.9 Å². The lowest BCUT2D eigenvalue weighted by molar-refractivity contribution is 0.415. The van der Waals surface area contributed by atoms with Crippen LogP contribution in [0.1, 0.15) is 16.7 Å². The summed E-state index contributed by atoms with van der Waals surface area (Å²) in [6, 6.07) is 6.44. The molecule has 1 N–H and O–H groups in total. The van der Waals surface area contributed by atoms with E-state index in [2.05, 4.69) is 41.9 Å². The van der Waals surface area contributed by atoms with E-state index in [1.54, 1.807) is 0 Å². The van der Waals surface area contributed by atoms with E-state index in [0.717, 1.165) is 24.5 Å². The smallest absolute Gasteiger partial charge is 0.208 e. The lowest BCUT2D eigenvalue weighted by Gasteiger charge is -2.03. The summed E-state index contributed by atoms with van der Waals surface area (Å²) >= 11 is 1.16. The van der Waals surface area contributed by atoms with E-state index in [1.165, 1.54) is 16.7 Å². The normalized spacial score (nSPS) is 14.6. The Morgan fingerprint density at radius 3 is 2.86 bits per heavy atom. The largest absolute Gasteiger partial charge is 0.297 e.